The van der Waals surface area contributed by atoms with Crippen molar-refractivity contribution in [3.05, 3.63) is 29.8 Å². The van der Waals surface area contributed by atoms with Gasteiger partial charge >= 0.3 is 0 Å². The van der Waals surface area contributed by atoms with Crippen LogP contribution in [0.2, 0.25) is 0 Å². The van der Waals surface area contributed by atoms with E-state index in [1.165, 1.54) is 76.2 Å². The fraction of sp³-hybridized carbons (Fsp3) is 0.684. The van der Waals surface area contributed by atoms with Crippen molar-refractivity contribution in [2.75, 3.05) is 0 Å². The Morgan fingerprint density at radius 2 is 1.36 bits per heavy atom. The van der Waals surface area contributed by atoms with Crippen molar-refractivity contribution >= 4 is 9.03 Å². The number of unbranched alkanes of at least 4 members (excludes halogenated alkanes) is 10. The predicted octanol–water partition coefficient (Wildman–Crippen LogP) is 6.42. The van der Waals surface area contributed by atoms with Crippen LogP contribution in [0.3, 0.4) is 0 Å². The molecule has 1 unspecified atom stereocenters. The molecule has 0 spiro atoms. The van der Waals surface area contributed by atoms with Crippen molar-refractivity contribution in [2.45, 2.75) is 84.0 Å². The van der Waals surface area contributed by atoms with Crippen LogP contribution in [0.4, 0.5) is 0 Å². The summed E-state index contributed by atoms with van der Waals surface area (Å²) < 4.78 is 5.27. The standard InChI is InChI=1S/C19H33O2P/c1-2-3-4-5-6-7-8-9-10-11-12-15-18-16-13-14-17-19(18)21-22-20/h13-14,16-17,20,22H,2-12,15H2,1H3. The van der Waals surface area contributed by atoms with Gasteiger partial charge in [-0.3, -0.25) is 0 Å². The Bertz CT molecular complexity index is 368. The highest BCUT2D eigenvalue weighted by Crippen LogP contribution is 2.25. The number of benzene rings is 1. The lowest BCUT2D eigenvalue weighted by Crippen LogP contribution is -1.90. The van der Waals surface area contributed by atoms with Crippen molar-refractivity contribution in [3.63, 3.8) is 0 Å². The van der Waals surface area contributed by atoms with E-state index in [0.717, 1.165) is 12.2 Å². The minimum absolute atomic E-state index is 0.464. The first-order valence-corrected chi connectivity index (χ1v) is 9.88. The van der Waals surface area contributed by atoms with Crippen LogP contribution in [-0.4, -0.2) is 4.89 Å². The molecule has 0 saturated carbocycles. The molecule has 2 nitrogen and oxygen atoms in total. The van der Waals surface area contributed by atoms with Crippen molar-refractivity contribution < 1.29 is 9.42 Å². The maximum Gasteiger partial charge on any atom is 0.212 e. The van der Waals surface area contributed by atoms with E-state index in [9.17, 15) is 0 Å². The first-order chi connectivity index (χ1) is 10.9. The maximum absolute atomic E-state index is 8.91. The molecule has 0 heterocycles. The van der Waals surface area contributed by atoms with E-state index in [1.807, 2.05) is 18.2 Å². The molecule has 0 saturated heterocycles. The highest BCUT2D eigenvalue weighted by atomic mass is 31.1. The first kappa shape index (κ1) is 19.5. The third-order valence-electron chi connectivity index (χ3n) is 4.18. The molecular weight excluding hydrogens is 291 g/mol. The molecule has 0 aliphatic rings. The highest BCUT2D eigenvalue weighted by Gasteiger charge is 2.02. The molecule has 1 atom stereocenters. The second-order valence-corrected chi connectivity index (χ2v) is 6.47. The van der Waals surface area contributed by atoms with Gasteiger partial charge in [0.2, 0.25) is 9.03 Å². The molecule has 0 amide bonds. The Labute approximate surface area is 138 Å². The normalized spacial score (nSPS) is 11.4. The summed E-state index contributed by atoms with van der Waals surface area (Å²) in [6, 6.07) is 8.05. The third kappa shape index (κ3) is 9.43. The second kappa shape index (κ2) is 14.0. The van der Waals surface area contributed by atoms with Gasteiger partial charge in [0.05, 0.1) is 0 Å². The van der Waals surface area contributed by atoms with Crippen LogP contribution in [0.15, 0.2) is 24.3 Å². The largest absolute Gasteiger partial charge is 0.450 e. The number of rotatable bonds is 14. The molecule has 0 bridgehead atoms. The van der Waals surface area contributed by atoms with Crippen LogP contribution in [0.5, 0.6) is 5.75 Å². The summed E-state index contributed by atoms with van der Waals surface area (Å²) in [4.78, 5) is 8.91. The van der Waals surface area contributed by atoms with Gasteiger partial charge in [0.15, 0.2) is 0 Å². The second-order valence-electron chi connectivity index (χ2n) is 6.09. The Balaban J connectivity index is 1.97. The van der Waals surface area contributed by atoms with Gasteiger partial charge in [-0.05, 0) is 24.5 Å². The predicted molar refractivity (Wildman–Crippen MR) is 97.8 cm³/mol. The molecular formula is C19H33O2P. The van der Waals surface area contributed by atoms with Crippen molar-refractivity contribution in [1.82, 2.24) is 0 Å². The quantitative estimate of drug-likeness (QED) is 0.316. The zero-order chi connectivity index (χ0) is 15.9. The van der Waals surface area contributed by atoms with Crippen LogP contribution < -0.4 is 4.52 Å². The minimum Gasteiger partial charge on any atom is -0.450 e. The lowest BCUT2D eigenvalue weighted by molar-refractivity contribution is 0.507. The van der Waals surface area contributed by atoms with Crippen LogP contribution in [0.1, 0.15) is 83.1 Å². The summed E-state index contributed by atoms with van der Waals surface area (Å²) in [5, 5.41) is 0. The fourth-order valence-corrected chi connectivity index (χ4v) is 3.14. The maximum atomic E-state index is 8.91. The van der Waals surface area contributed by atoms with Gasteiger partial charge in [-0.2, -0.15) is 0 Å². The van der Waals surface area contributed by atoms with Crippen LogP contribution in [0.25, 0.3) is 0 Å². The van der Waals surface area contributed by atoms with E-state index in [-0.39, 0.29) is 0 Å². The first-order valence-electron chi connectivity index (χ1n) is 9.02. The smallest absolute Gasteiger partial charge is 0.212 e. The molecule has 1 aromatic carbocycles. The molecule has 0 aromatic heterocycles. The average molecular weight is 324 g/mol. The highest BCUT2D eigenvalue weighted by molar-refractivity contribution is 7.25. The molecule has 1 N–H and O–H groups in total. The fourth-order valence-electron chi connectivity index (χ4n) is 2.84. The van der Waals surface area contributed by atoms with E-state index in [0.29, 0.717) is 0 Å². The van der Waals surface area contributed by atoms with E-state index in [4.69, 9.17) is 9.42 Å². The monoisotopic (exact) mass is 324 g/mol. The molecule has 0 aliphatic carbocycles. The molecule has 0 fully saturated rings. The van der Waals surface area contributed by atoms with E-state index >= 15 is 0 Å². The summed E-state index contributed by atoms with van der Waals surface area (Å²) in [5.41, 5.74) is 1.22. The van der Waals surface area contributed by atoms with Crippen molar-refractivity contribution in [2.24, 2.45) is 0 Å². The van der Waals surface area contributed by atoms with E-state index < -0.39 is 9.03 Å². The zero-order valence-corrected chi connectivity index (χ0v) is 15.2. The van der Waals surface area contributed by atoms with Gasteiger partial charge in [0.1, 0.15) is 5.75 Å². The topological polar surface area (TPSA) is 29.5 Å². The van der Waals surface area contributed by atoms with Crippen molar-refractivity contribution in [1.29, 1.82) is 0 Å². The van der Waals surface area contributed by atoms with Crippen LogP contribution in [0, 0.1) is 0 Å². The Morgan fingerprint density at radius 3 is 1.95 bits per heavy atom. The molecule has 22 heavy (non-hydrogen) atoms. The average Bonchev–Trinajstić information content (AvgIpc) is 2.54. The lowest BCUT2D eigenvalue weighted by Gasteiger charge is -2.08. The summed E-state index contributed by atoms with van der Waals surface area (Å²) in [7, 11) is -0.464. The molecule has 0 aliphatic heterocycles. The number of hydrogen-bond donors (Lipinski definition) is 1. The Hall–Kier alpha value is -0.590. The van der Waals surface area contributed by atoms with Gasteiger partial charge in [0.25, 0.3) is 0 Å². The molecule has 0 radical (unpaired) electrons. The lowest BCUT2D eigenvalue weighted by atomic mass is 10.0. The van der Waals surface area contributed by atoms with Gasteiger partial charge in [-0.1, -0.05) is 89.3 Å². The summed E-state index contributed by atoms with van der Waals surface area (Å²) in [6.07, 6.45) is 16.1. The minimum atomic E-state index is -0.464. The molecule has 126 valence electrons. The number of para-hydroxylation sites is 1. The van der Waals surface area contributed by atoms with Crippen LogP contribution >= 0.6 is 9.03 Å². The molecule has 1 rings (SSSR count). The number of aryl methyl sites for hydroxylation is 1. The zero-order valence-electron chi connectivity index (χ0n) is 14.2. The summed E-state index contributed by atoms with van der Waals surface area (Å²) >= 11 is 0. The SMILES string of the molecule is CCCCCCCCCCCCCc1ccccc1OPO. The van der Waals surface area contributed by atoms with Gasteiger partial charge in [-0.15, -0.1) is 0 Å². The third-order valence-corrected chi connectivity index (χ3v) is 4.49. The van der Waals surface area contributed by atoms with Gasteiger partial charge < -0.3 is 9.42 Å². The summed E-state index contributed by atoms with van der Waals surface area (Å²) in [6.45, 7) is 2.27. The van der Waals surface area contributed by atoms with E-state index in [2.05, 4.69) is 13.0 Å². The molecule has 3 heteroatoms. The van der Waals surface area contributed by atoms with Crippen molar-refractivity contribution in [3.8, 4) is 5.75 Å². The molecule has 1 aromatic rings. The summed E-state index contributed by atoms with van der Waals surface area (Å²) in [5.74, 6) is 0.843. The van der Waals surface area contributed by atoms with Crippen LogP contribution in [-0.2, 0) is 6.42 Å². The number of hydrogen-bond acceptors (Lipinski definition) is 2. The van der Waals surface area contributed by atoms with Gasteiger partial charge in [0, 0.05) is 0 Å². The Morgan fingerprint density at radius 1 is 0.818 bits per heavy atom. The van der Waals surface area contributed by atoms with Gasteiger partial charge in [-0.25, -0.2) is 0 Å². The van der Waals surface area contributed by atoms with E-state index in [1.54, 1.807) is 0 Å². The Kier molecular flexibility index (Phi) is 12.4.